The fraction of sp³-hybridized carbons (Fsp3) is 0.174. The number of anilines is 1. The number of hydrogen-bond donors (Lipinski definition) is 0. The molecule has 0 fully saturated rings. The molecule has 1 aliphatic rings. The first-order chi connectivity index (χ1) is 16.5. The molecular weight excluding hydrogens is 519 g/mol. The van der Waals surface area contributed by atoms with Crippen molar-refractivity contribution in [1.29, 1.82) is 5.26 Å². The van der Waals surface area contributed by atoms with E-state index < -0.39 is 23.3 Å². The highest BCUT2D eigenvalue weighted by Crippen LogP contribution is 2.39. The van der Waals surface area contributed by atoms with Crippen LogP contribution in [0, 0.1) is 18.3 Å². The van der Waals surface area contributed by atoms with Gasteiger partial charge in [-0.1, -0.05) is 47.0 Å². The van der Waals surface area contributed by atoms with Crippen molar-refractivity contribution in [3.05, 3.63) is 72.0 Å². The number of hydrazone groups is 1. The zero-order chi connectivity index (χ0) is 26.0. The van der Waals surface area contributed by atoms with Gasteiger partial charge in [-0.15, -0.1) is 0 Å². The van der Waals surface area contributed by atoms with Crippen molar-refractivity contribution in [1.82, 2.24) is 4.57 Å². The number of hydrogen-bond acceptors (Lipinski definition) is 7. The number of amides is 1. The predicted octanol–water partition coefficient (Wildman–Crippen LogP) is 3.50. The maximum Gasteiger partial charge on any atom is 0.359 e. The lowest BCUT2D eigenvalue weighted by molar-refractivity contribution is -0.279. The fourth-order valence-electron chi connectivity index (χ4n) is 3.27. The molecule has 2 heterocycles. The molecule has 0 saturated heterocycles. The number of nitriles is 1. The topological polar surface area (TPSA) is 128 Å². The minimum absolute atomic E-state index is 0.0197. The first-order valence-corrected chi connectivity index (χ1v) is 11.1. The van der Waals surface area contributed by atoms with E-state index in [1.165, 1.54) is 44.3 Å². The highest BCUT2D eigenvalue weighted by Gasteiger charge is 2.37. The molecule has 0 bridgehead atoms. The summed E-state index contributed by atoms with van der Waals surface area (Å²) in [5, 5.41) is 27.0. The number of esters is 1. The average molecular weight is 535 g/mol. The first-order valence-electron chi connectivity index (χ1n) is 9.97. The summed E-state index contributed by atoms with van der Waals surface area (Å²) in [5.74, 6) is -2.22. The van der Waals surface area contributed by atoms with Crippen LogP contribution in [0.5, 0.6) is 5.88 Å². The Morgan fingerprint density at radius 3 is 2.46 bits per heavy atom. The highest BCUT2D eigenvalue weighted by atomic mass is 35.5. The third-order valence-corrected chi connectivity index (χ3v) is 5.80. The number of ether oxygens (including phenoxy) is 1. The summed E-state index contributed by atoms with van der Waals surface area (Å²) in [5.41, 5.74) is -1.07. The smallest absolute Gasteiger partial charge is 0.359 e. The van der Waals surface area contributed by atoms with Gasteiger partial charge in [0.25, 0.3) is 11.5 Å². The number of rotatable bonds is 5. The Kier molecular flexibility index (Phi) is 7.70. The van der Waals surface area contributed by atoms with Crippen LogP contribution in [0.25, 0.3) is 6.08 Å². The summed E-state index contributed by atoms with van der Waals surface area (Å²) in [7, 11) is 1.25. The molecule has 9 nitrogen and oxygen atoms in total. The molecule has 0 radical (unpaired) electrons. The molecule has 0 aliphatic carbocycles. The normalized spacial score (nSPS) is 14.5. The minimum atomic E-state index is -0.862. The van der Waals surface area contributed by atoms with Gasteiger partial charge >= 0.3 is 5.97 Å². The number of halogens is 3. The molecule has 1 aromatic carbocycles. The van der Waals surface area contributed by atoms with Gasteiger partial charge in [-0.3, -0.25) is 9.59 Å². The van der Waals surface area contributed by atoms with Gasteiger partial charge in [-0.25, -0.2) is 4.79 Å². The molecular formula is C23H16Cl3N4O5-. The fourth-order valence-corrected chi connectivity index (χ4v) is 4.25. The van der Waals surface area contributed by atoms with Gasteiger partial charge in [0.1, 0.15) is 17.3 Å². The number of carbonyl (C=O) groups excluding carboxylic acids is 2. The second kappa shape index (κ2) is 10.4. The third kappa shape index (κ3) is 4.82. The molecule has 1 aliphatic heterocycles. The van der Waals surface area contributed by atoms with Crippen molar-refractivity contribution in [3.63, 3.8) is 0 Å². The Hall–Kier alpha value is -3.58. The van der Waals surface area contributed by atoms with Crippen LogP contribution in [0.3, 0.4) is 0 Å². The van der Waals surface area contributed by atoms with Crippen LogP contribution in [0.2, 0.25) is 15.1 Å². The van der Waals surface area contributed by atoms with Crippen molar-refractivity contribution in [2.75, 3.05) is 11.6 Å². The highest BCUT2D eigenvalue weighted by molar-refractivity contribution is 6.54. The van der Waals surface area contributed by atoms with E-state index in [1.54, 1.807) is 13.0 Å². The molecule has 35 heavy (non-hydrogen) atoms. The van der Waals surface area contributed by atoms with Gasteiger partial charge in [-0.2, -0.15) is 15.4 Å². The van der Waals surface area contributed by atoms with E-state index in [2.05, 4.69) is 5.10 Å². The molecule has 1 amide bonds. The van der Waals surface area contributed by atoms with E-state index >= 15 is 0 Å². The summed E-state index contributed by atoms with van der Waals surface area (Å²) in [6.07, 6.45) is 3.91. The molecule has 0 atom stereocenters. The predicted molar refractivity (Wildman–Crippen MR) is 131 cm³/mol. The van der Waals surface area contributed by atoms with E-state index in [9.17, 15) is 24.8 Å². The van der Waals surface area contributed by atoms with Crippen molar-refractivity contribution >= 4 is 64.2 Å². The standard InChI is InChI=1S/C23H17Cl3N4O5/c1-4-35-23(34)18-14(22(33)30(28-18)19-16(25)8-12(24)9-17(19)26)7-5-6-13-11(2)15(10-27)21(32)29(3)20(13)31/h5-9,31H,4H2,1-3H3/p-1/b6-5?,14-7-. The number of allylic oxidation sites excluding steroid dienone is 2. The lowest BCUT2D eigenvalue weighted by Crippen LogP contribution is -2.25. The largest absolute Gasteiger partial charge is 0.860 e. The third-order valence-electron chi connectivity index (χ3n) is 5.01. The molecule has 12 heteroatoms. The Labute approximate surface area is 214 Å². The molecule has 0 saturated carbocycles. The molecule has 0 spiro atoms. The average Bonchev–Trinajstić information content (AvgIpc) is 3.10. The number of benzene rings is 1. The number of pyridine rings is 1. The summed E-state index contributed by atoms with van der Waals surface area (Å²) < 4.78 is 5.82. The van der Waals surface area contributed by atoms with Crippen LogP contribution < -0.4 is 15.7 Å². The first kappa shape index (κ1) is 26.0. The van der Waals surface area contributed by atoms with Crippen molar-refractivity contribution < 1.29 is 19.4 Å². The number of carbonyl (C=O) groups is 2. The van der Waals surface area contributed by atoms with Crippen LogP contribution in [-0.2, 0) is 21.4 Å². The SMILES string of the molecule is CCOC(=O)C1=NN(c2c(Cl)cc(Cl)cc2Cl)C(=O)/C1=C\C=Cc1c(C)c(C#N)c(=O)n(C)c1[O-]. The molecule has 180 valence electrons. The maximum atomic E-state index is 13.2. The quantitative estimate of drug-likeness (QED) is 0.427. The van der Waals surface area contributed by atoms with E-state index in [-0.39, 0.29) is 55.3 Å². The molecule has 0 unspecified atom stereocenters. The Bertz CT molecular complexity index is 1430. The molecule has 2 aromatic rings. The van der Waals surface area contributed by atoms with E-state index in [1.807, 2.05) is 0 Å². The van der Waals surface area contributed by atoms with E-state index in [4.69, 9.17) is 39.5 Å². The second-order valence-corrected chi connectivity index (χ2v) is 8.39. The van der Waals surface area contributed by atoms with Crippen molar-refractivity contribution in [3.8, 4) is 11.9 Å². The van der Waals surface area contributed by atoms with Crippen LogP contribution in [-0.4, -0.2) is 28.8 Å². The lowest BCUT2D eigenvalue weighted by Gasteiger charge is -2.18. The maximum absolute atomic E-state index is 13.2. The molecule has 3 rings (SSSR count). The van der Waals surface area contributed by atoms with Crippen LogP contribution in [0.1, 0.15) is 23.6 Å². The zero-order valence-corrected chi connectivity index (χ0v) is 20.8. The second-order valence-electron chi connectivity index (χ2n) is 7.14. The monoisotopic (exact) mass is 533 g/mol. The van der Waals surface area contributed by atoms with Crippen LogP contribution >= 0.6 is 34.8 Å². The lowest BCUT2D eigenvalue weighted by atomic mass is 10.0. The number of aromatic nitrogens is 1. The van der Waals surface area contributed by atoms with Crippen LogP contribution in [0.15, 0.2) is 39.8 Å². The van der Waals surface area contributed by atoms with E-state index in [0.717, 1.165) is 9.58 Å². The Morgan fingerprint density at radius 1 is 1.26 bits per heavy atom. The van der Waals surface area contributed by atoms with Gasteiger partial charge in [0.2, 0.25) is 0 Å². The Balaban J connectivity index is 2.11. The number of nitrogens with zero attached hydrogens (tertiary/aromatic N) is 4. The van der Waals surface area contributed by atoms with E-state index in [0.29, 0.717) is 0 Å². The van der Waals surface area contributed by atoms with Gasteiger partial charge in [0.05, 0.1) is 22.2 Å². The van der Waals surface area contributed by atoms with Crippen molar-refractivity contribution in [2.24, 2.45) is 12.1 Å². The van der Waals surface area contributed by atoms with Crippen molar-refractivity contribution in [2.45, 2.75) is 13.8 Å². The van der Waals surface area contributed by atoms with Gasteiger partial charge in [0.15, 0.2) is 5.71 Å². The molecule has 0 N–H and O–H groups in total. The van der Waals surface area contributed by atoms with Gasteiger partial charge in [0, 0.05) is 12.1 Å². The molecule has 1 aromatic heterocycles. The van der Waals surface area contributed by atoms with Gasteiger partial charge < -0.3 is 14.4 Å². The van der Waals surface area contributed by atoms with Crippen LogP contribution in [0.4, 0.5) is 5.69 Å². The minimum Gasteiger partial charge on any atom is -0.860 e. The summed E-state index contributed by atoms with van der Waals surface area (Å²) in [6, 6.07) is 4.52. The summed E-state index contributed by atoms with van der Waals surface area (Å²) in [6.45, 7) is 3.09. The summed E-state index contributed by atoms with van der Waals surface area (Å²) in [4.78, 5) is 37.8. The Morgan fingerprint density at radius 2 is 1.89 bits per heavy atom. The van der Waals surface area contributed by atoms with Gasteiger partial charge in [-0.05, 0) is 49.1 Å². The zero-order valence-electron chi connectivity index (χ0n) is 18.6. The summed E-state index contributed by atoms with van der Waals surface area (Å²) >= 11 is 18.4.